The first-order chi connectivity index (χ1) is 13.3. The second-order valence-corrected chi connectivity index (χ2v) is 6.83. The number of pyridine rings is 1. The van der Waals surface area contributed by atoms with Gasteiger partial charge in [0.1, 0.15) is 12.4 Å². The molecule has 0 saturated heterocycles. The van der Waals surface area contributed by atoms with Crippen LogP contribution in [0.2, 0.25) is 0 Å². The van der Waals surface area contributed by atoms with Crippen LogP contribution in [-0.2, 0) is 6.61 Å². The first kappa shape index (κ1) is 15.9. The van der Waals surface area contributed by atoms with Crippen molar-refractivity contribution in [2.45, 2.75) is 25.5 Å². The number of rotatable bonds is 5. The highest BCUT2D eigenvalue weighted by Gasteiger charge is 2.29. The molecule has 134 valence electrons. The largest absolute Gasteiger partial charge is 0.489 e. The molecule has 0 bridgehead atoms. The summed E-state index contributed by atoms with van der Waals surface area (Å²) < 4.78 is 9.41. The third-order valence-corrected chi connectivity index (χ3v) is 4.89. The summed E-state index contributed by atoms with van der Waals surface area (Å²) in [5, 5.41) is 0. The molecule has 0 spiro atoms. The highest BCUT2D eigenvalue weighted by atomic mass is 16.5. The summed E-state index contributed by atoms with van der Waals surface area (Å²) in [6.07, 6.45) is 3.84. The molecule has 0 amide bonds. The van der Waals surface area contributed by atoms with Crippen molar-refractivity contribution in [3.05, 3.63) is 89.0 Å². The standard InChI is InChI=1S/C22H19N3O2/c26-22-24(17-8-9-17)20-7-4-14-23-21(20)25(22)18-10-12-19(13-11-18)27-15-16-5-2-1-3-6-16/h1-7,10-14,17H,8-9,15H2. The van der Waals surface area contributed by atoms with Gasteiger partial charge in [0.15, 0.2) is 5.65 Å². The van der Waals surface area contributed by atoms with E-state index in [9.17, 15) is 4.79 Å². The van der Waals surface area contributed by atoms with Crippen molar-refractivity contribution in [1.82, 2.24) is 14.1 Å². The average Bonchev–Trinajstić information content (AvgIpc) is 3.50. The van der Waals surface area contributed by atoms with E-state index in [2.05, 4.69) is 4.98 Å². The molecule has 5 rings (SSSR count). The van der Waals surface area contributed by atoms with Crippen LogP contribution >= 0.6 is 0 Å². The minimum absolute atomic E-state index is 0.0239. The second kappa shape index (κ2) is 6.43. The number of aromatic nitrogens is 3. The van der Waals surface area contributed by atoms with Gasteiger partial charge < -0.3 is 4.74 Å². The van der Waals surface area contributed by atoms with Crippen LogP contribution in [0.25, 0.3) is 16.9 Å². The van der Waals surface area contributed by atoms with Gasteiger partial charge in [-0.25, -0.2) is 14.3 Å². The van der Waals surface area contributed by atoms with Crippen LogP contribution in [0.5, 0.6) is 5.75 Å². The first-order valence-corrected chi connectivity index (χ1v) is 9.16. The number of ether oxygens (including phenoxy) is 1. The summed E-state index contributed by atoms with van der Waals surface area (Å²) in [6, 6.07) is 21.8. The Balaban J connectivity index is 1.47. The van der Waals surface area contributed by atoms with Crippen molar-refractivity contribution in [1.29, 1.82) is 0 Å². The lowest BCUT2D eigenvalue weighted by molar-refractivity contribution is 0.306. The van der Waals surface area contributed by atoms with Crippen LogP contribution in [0.3, 0.4) is 0 Å². The minimum Gasteiger partial charge on any atom is -0.489 e. The molecule has 1 fully saturated rings. The van der Waals surface area contributed by atoms with E-state index in [0.29, 0.717) is 18.3 Å². The molecule has 0 aliphatic heterocycles. The molecule has 1 saturated carbocycles. The Morgan fingerprint density at radius 2 is 1.74 bits per heavy atom. The van der Waals surface area contributed by atoms with Gasteiger partial charge >= 0.3 is 5.69 Å². The SMILES string of the molecule is O=c1n(-c2ccc(OCc3ccccc3)cc2)c2ncccc2n1C1CC1. The molecule has 1 aliphatic rings. The van der Waals surface area contributed by atoms with E-state index >= 15 is 0 Å². The third-order valence-electron chi connectivity index (χ3n) is 4.89. The van der Waals surface area contributed by atoms with Crippen molar-refractivity contribution in [3.8, 4) is 11.4 Å². The third kappa shape index (κ3) is 2.91. The monoisotopic (exact) mass is 357 g/mol. The number of fused-ring (bicyclic) bond motifs is 1. The quantitative estimate of drug-likeness (QED) is 0.540. The molecule has 2 heterocycles. The molecule has 2 aromatic carbocycles. The van der Waals surface area contributed by atoms with Crippen molar-refractivity contribution < 1.29 is 4.74 Å². The summed E-state index contributed by atoms with van der Waals surface area (Å²) in [4.78, 5) is 17.5. The van der Waals surface area contributed by atoms with Crippen LogP contribution in [0.15, 0.2) is 77.7 Å². The molecule has 0 N–H and O–H groups in total. The fourth-order valence-corrected chi connectivity index (χ4v) is 3.40. The maximum absolute atomic E-state index is 13.0. The molecule has 27 heavy (non-hydrogen) atoms. The first-order valence-electron chi connectivity index (χ1n) is 9.16. The molecular weight excluding hydrogens is 338 g/mol. The fourth-order valence-electron chi connectivity index (χ4n) is 3.40. The zero-order chi connectivity index (χ0) is 18.2. The van der Waals surface area contributed by atoms with Gasteiger partial charge in [0.2, 0.25) is 0 Å². The Labute approximate surface area is 156 Å². The van der Waals surface area contributed by atoms with Crippen molar-refractivity contribution in [2.75, 3.05) is 0 Å². The lowest BCUT2D eigenvalue weighted by Gasteiger charge is -2.08. The van der Waals surface area contributed by atoms with Crippen LogP contribution in [0.1, 0.15) is 24.4 Å². The van der Waals surface area contributed by atoms with E-state index in [1.165, 1.54) is 0 Å². The molecule has 0 atom stereocenters. The smallest absolute Gasteiger partial charge is 0.335 e. The van der Waals surface area contributed by atoms with Gasteiger partial charge in [-0.3, -0.25) is 4.57 Å². The average molecular weight is 357 g/mol. The molecule has 1 aliphatic carbocycles. The number of imidazole rings is 1. The van der Waals surface area contributed by atoms with E-state index in [1.807, 2.05) is 71.3 Å². The molecule has 0 radical (unpaired) electrons. The second-order valence-electron chi connectivity index (χ2n) is 6.83. The summed E-state index contributed by atoms with van der Waals surface area (Å²) in [6.45, 7) is 0.517. The summed E-state index contributed by atoms with van der Waals surface area (Å²) in [5.74, 6) is 0.773. The van der Waals surface area contributed by atoms with Crippen LogP contribution in [0.4, 0.5) is 0 Å². The Morgan fingerprint density at radius 3 is 2.48 bits per heavy atom. The number of hydrogen-bond acceptors (Lipinski definition) is 3. The van der Waals surface area contributed by atoms with E-state index in [0.717, 1.165) is 35.4 Å². The van der Waals surface area contributed by atoms with Crippen LogP contribution < -0.4 is 10.4 Å². The fraction of sp³-hybridized carbons (Fsp3) is 0.182. The predicted octanol–water partition coefficient (Wildman–Crippen LogP) is 4.10. The molecular formula is C22H19N3O2. The normalized spacial score (nSPS) is 13.8. The Kier molecular flexibility index (Phi) is 3.78. The lowest BCUT2D eigenvalue weighted by atomic mass is 10.2. The minimum atomic E-state index is -0.0239. The molecule has 0 unspecified atom stereocenters. The zero-order valence-electron chi connectivity index (χ0n) is 14.8. The summed E-state index contributed by atoms with van der Waals surface area (Å²) in [5.41, 5.74) is 3.50. The van der Waals surface area contributed by atoms with Crippen molar-refractivity contribution in [3.63, 3.8) is 0 Å². The van der Waals surface area contributed by atoms with E-state index < -0.39 is 0 Å². The van der Waals surface area contributed by atoms with Gasteiger partial charge in [-0.05, 0) is 54.8 Å². The van der Waals surface area contributed by atoms with Crippen LogP contribution in [-0.4, -0.2) is 14.1 Å². The van der Waals surface area contributed by atoms with Gasteiger partial charge in [0.25, 0.3) is 0 Å². The molecule has 2 aromatic heterocycles. The highest BCUT2D eigenvalue weighted by Crippen LogP contribution is 2.36. The number of benzene rings is 2. The Hall–Kier alpha value is -3.34. The lowest BCUT2D eigenvalue weighted by Crippen LogP contribution is -2.22. The van der Waals surface area contributed by atoms with Gasteiger partial charge in [0.05, 0.1) is 11.2 Å². The maximum Gasteiger partial charge on any atom is 0.335 e. The van der Waals surface area contributed by atoms with Gasteiger partial charge in [-0.2, -0.15) is 0 Å². The van der Waals surface area contributed by atoms with E-state index in [-0.39, 0.29) is 5.69 Å². The summed E-state index contributed by atoms with van der Waals surface area (Å²) >= 11 is 0. The molecule has 4 aromatic rings. The van der Waals surface area contributed by atoms with E-state index in [1.54, 1.807) is 10.8 Å². The van der Waals surface area contributed by atoms with Crippen LogP contribution in [0, 0.1) is 0 Å². The number of hydrogen-bond donors (Lipinski definition) is 0. The summed E-state index contributed by atoms with van der Waals surface area (Å²) in [7, 11) is 0. The van der Waals surface area contributed by atoms with Crippen molar-refractivity contribution in [2.24, 2.45) is 0 Å². The molecule has 5 heteroatoms. The Morgan fingerprint density at radius 1 is 0.963 bits per heavy atom. The Bertz CT molecular complexity index is 1140. The van der Waals surface area contributed by atoms with Gasteiger partial charge in [-0.15, -0.1) is 0 Å². The van der Waals surface area contributed by atoms with Crippen molar-refractivity contribution >= 4 is 11.2 Å². The number of nitrogens with zero attached hydrogens (tertiary/aromatic N) is 3. The highest BCUT2D eigenvalue weighted by molar-refractivity contribution is 5.74. The maximum atomic E-state index is 13.0. The predicted molar refractivity (Wildman–Crippen MR) is 104 cm³/mol. The zero-order valence-corrected chi connectivity index (χ0v) is 14.8. The topological polar surface area (TPSA) is 49.1 Å². The van der Waals surface area contributed by atoms with Gasteiger partial charge in [0, 0.05) is 12.2 Å². The van der Waals surface area contributed by atoms with Gasteiger partial charge in [-0.1, -0.05) is 30.3 Å². The van der Waals surface area contributed by atoms with E-state index in [4.69, 9.17) is 4.74 Å². The molecule has 5 nitrogen and oxygen atoms in total.